The first kappa shape index (κ1) is 31.0. The third kappa shape index (κ3) is 11.0. The molecule has 13 heteroatoms. The molecule has 0 amide bonds. The molecule has 4 aromatic carbocycles. The molecule has 0 saturated heterocycles. The van der Waals surface area contributed by atoms with Gasteiger partial charge in [0.25, 0.3) is 0 Å². The molecule has 0 aliphatic rings. The second-order valence-corrected chi connectivity index (χ2v) is 9.46. The number of diazo groups is 2. The average Bonchev–Trinajstić information content (AvgIpc) is 2.88. The van der Waals surface area contributed by atoms with Crippen molar-refractivity contribution in [3.63, 3.8) is 0 Å². The van der Waals surface area contributed by atoms with E-state index in [1.165, 1.54) is 0 Å². The van der Waals surface area contributed by atoms with Gasteiger partial charge >= 0.3 is 11.4 Å². The zero-order valence-electron chi connectivity index (χ0n) is 20.7. The molecule has 0 bridgehead atoms. The number of hydrogen-bond donors (Lipinski definition) is 2. The van der Waals surface area contributed by atoms with Gasteiger partial charge in [0, 0.05) is 45.3 Å². The number of para-hydroxylation sites is 2. The predicted molar refractivity (Wildman–Crippen MR) is 152 cm³/mol. The number of anilines is 4. The fourth-order valence-corrected chi connectivity index (χ4v) is 3.51. The van der Waals surface area contributed by atoms with Gasteiger partial charge in [-0.1, -0.05) is 59.6 Å². The summed E-state index contributed by atoms with van der Waals surface area (Å²) in [5, 5.41) is 24.8. The first-order valence-corrected chi connectivity index (χ1v) is 13.1. The molecule has 0 aliphatic carbocycles. The van der Waals surface area contributed by atoms with E-state index in [0.29, 0.717) is 21.4 Å². The lowest BCUT2D eigenvalue weighted by Crippen LogP contribution is -1.92. The maximum atomic E-state index is 8.74. The van der Waals surface area contributed by atoms with E-state index in [1.54, 1.807) is 24.3 Å². The van der Waals surface area contributed by atoms with Crippen LogP contribution in [-0.2, 0) is 10.4 Å². The second-order valence-electron chi connectivity index (χ2n) is 7.83. The average molecular weight is 585 g/mol. The third-order valence-corrected chi connectivity index (χ3v) is 5.51. The van der Waals surface area contributed by atoms with Crippen LogP contribution in [0.2, 0.25) is 10.0 Å². The van der Waals surface area contributed by atoms with Gasteiger partial charge in [-0.15, -0.1) is 0 Å². The van der Waals surface area contributed by atoms with Crippen LogP contribution in [0.25, 0.3) is 9.95 Å². The normalized spacial score (nSPS) is 9.95. The number of hydrogen-bond acceptors (Lipinski definition) is 8. The van der Waals surface area contributed by atoms with Gasteiger partial charge in [0.2, 0.25) is 10.8 Å². The van der Waals surface area contributed by atoms with Gasteiger partial charge < -0.3 is 19.7 Å². The number of nitrogens with zero attached hydrogens (tertiary/aromatic N) is 4. The Bertz CT molecular complexity index is 1490. The Kier molecular flexibility index (Phi) is 11.6. The van der Waals surface area contributed by atoms with Crippen LogP contribution in [0.5, 0.6) is 0 Å². The van der Waals surface area contributed by atoms with Gasteiger partial charge in [0.1, 0.15) is 10.0 Å². The molecule has 0 spiro atoms. The van der Waals surface area contributed by atoms with Gasteiger partial charge in [-0.3, -0.25) is 8.42 Å². The quantitative estimate of drug-likeness (QED) is 0.137. The summed E-state index contributed by atoms with van der Waals surface area (Å²) in [7, 11) is -5.17. The van der Waals surface area contributed by atoms with Crippen LogP contribution in [-0.4, -0.2) is 17.5 Å². The smallest absolute Gasteiger partial charge is 0.403 e. The van der Waals surface area contributed by atoms with E-state index in [1.807, 2.05) is 74.5 Å². The number of benzene rings is 4. The van der Waals surface area contributed by atoms with Crippen molar-refractivity contribution in [3.05, 3.63) is 116 Å². The minimum absolute atomic E-state index is 0.378. The van der Waals surface area contributed by atoms with E-state index < -0.39 is 10.4 Å². The molecular weight excluding hydrogens is 563 g/mol. The summed E-state index contributed by atoms with van der Waals surface area (Å²) >= 11 is 11.9. The summed E-state index contributed by atoms with van der Waals surface area (Å²) < 4.78 is 34.1. The van der Waals surface area contributed by atoms with Crippen molar-refractivity contribution >= 4 is 67.7 Å². The fourth-order valence-electron chi connectivity index (χ4n) is 3.11. The van der Waals surface area contributed by atoms with Crippen LogP contribution < -0.4 is 10.6 Å². The molecule has 200 valence electrons. The molecule has 0 saturated carbocycles. The third-order valence-electron chi connectivity index (χ3n) is 4.91. The molecule has 0 heterocycles. The SMILES string of the molecule is Cc1cc([N+]#N)c(Cl)cc1Nc1ccccc1.Cc1cc([N+]#N)c(Cl)cc1Nc1ccccc1.O=S(=O)([O-])[O-]. The summed E-state index contributed by atoms with van der Waals surface area (Å²) in [5.41, 5.74) is 6.45. The van der Waals surface area contributed by atoms with Crippen molar-refractivity contribution in [2.24, 2.45) is 0 Å². The van der Waals surface area contributed by atoms with E-state index in [9.17, 15) is 0 Å². The minimum Gasteiger partial charge on any atom is -0.759 e. The maximum Gasteiger partial charge on any atom is 0.403 e. The first-order chi connectivity index (χ1) is 18.4. The summed E-state index contributed by atoms with van der Waals surface area (Å²) in [6, 6.07) is 26.6. The van der Waals surface area contributed by atoms with Crippen LogP contribution >= 0.6 is 23.2 Å². The second kappa shape index (κ2) is 14.6. The molecule has 0 radical (unpaired) electrons. The Hall–Kier alpha value is -4.23. The van der Waals surface area contributed by atoms with E-state index in [0.717, 1.165) is 33.9 Å². The van der Waals surface area contributed by atoms with Gasteiger partial charge in [-0.25, -0.2) is 0 Å². The zero-order chi connectivity index (χ0) is 29.0. The molecule has 0 aliphatic heterocycles. The molecule has 4 rings (SSSR count). The molecular formula is C26H22Cl2N6O4S. The van der Waals surface area contributed by atoms with Crippen LogP contribution in [0.15, 0.2) is 84.9 Å². The Morgan fingerprint density at radius 1 is 0.667 bits per heavy atom. The highest BCUT2D eigenvalue weighted by Gasteiger charge is 2.15. The Labute approximate surface area is 236 Å². The van der Waals surface area contributed by atoms with Crippen molar-refractivity contribution in [2.45, 2.75) is 13.8 Å². The van der Waals surface area contributed by atoms with E-state index in [4.69, 9.17) is 51.5 Å². The van der Waals surface area contributed by atoms with Gasteiger partial charge in [0.05, 0.1) is 0 Å². The topological polar surface area (TPSA) is 161 Å². The van der Waals surface area contributed by atoms with E-state index in [2.05, 4.69) is 20.6 Å². The van der Waals surface area contributed by atoms with E-state index in [-0.39, 0.29) is 0 Å². The van der Waals surface area contributed by atoms with Crippen molar-refractivity contribution in [3.8, 4) is 0 Å². The van der Waals surface area contributed by atoms with Crippen LogP contribution in [0.4, 0.5) is 34.1 Å². The summed E-state index contributed by atoms with van der Waals surface area (Å²) in [6.45, 7) is 3.85. The Morgan fingerprint density at radius 3 is 1.26 bits per heavy atom. The lowest BCUT2D eigenvalue weighted by molar-refractivity contribution is 0.352. The number of aryl methyl sites for hydroxylation is 2. The zero-order valence-corrected chi connectivity index (χ0v) is 23.0. The van der Waals surface area contributed by atoms with Crippen LogP contribution in [0.3, 0.4) is 0 Å². The van der Waals surface area contributed by atoms with Crippen molar-refractivity contribution in [1.29, 1.82) is 10.8 Å². The Morgan fingerprint density at radius 2 is 0.974 bits per heavy atom. The standard InChI is InChI=1S/2C13H11ClN3.H2O4S/c2*1-9-7-13(17-15)11(14)8-12(9)16-10-5-3-2-4-6-10;1-5(2,3)4/h2*2-8,16H,1H3;(H2,1,2,3,4)/q2*+1;/p-2. The van der Waals surface area contributed by atoms with Gasteiger partial charge in [-0.2, -0.15) is 0 Å². The fraction of sp³-hybridized carbons (Fsp3) is 0.0769. The minimum atomic E-state index is -5.17. The Balaban J connectivity index is 0.000000234. The highest BCUT2D eigenvalue weighted by molar-refractivity contribution is 7.79. The molecule has 2 N–H and O–H groups in total. The summed E-state index contributed by atoms with van der Waals surface area (Å²) in [4.78, 5) is 6.24. The monoisotopic (exact) mass is 584 g/mol. The molecule has 0 unspecified atom stereocenters. The van der Waals surface area contributed by atoms with E-state index >= 15 is 0 Å². The molecule has 0 fully saturated rings. The molecule has 4 aromatic rings. The molecule has 10 nitrogen and oxygen atoms in total. The highest BCUT2D eigenvalue weighted by Crippen LogP contribution is 2.33. The largest absolute Gasteiger partial charge is 0.759 e. The number of halogens is 2. The molecule has 0 atom stereocenters. The van der Waals surface area contributed by atoms with Crippen molar-refractivity contribution in [2.75, 3.05) is 10.6 Å². The van der Waals surface area contributed by atoms with Crippen molar-refractivity contribution < 1.29 is 17.5 Å². The summed E-state index contributed by atoms with van der Waals surface area (Å²) in [6.07, 6.45) is 0. The first-order valence-electron chi connectivity index (χ1n) is 11.0. The lowest BCUT2D eigenvalue weighted by Gasteiger charge is -2.08. The van der Waals surface area contributed by atoms with Crippen LogP contribution in [0.1, 0.15) is 11.1 Å². The van der Waals surface area contributed by atoms with Gasteiger partial charge in [-0.05, 0) is 61.4 Å². The summed E-state index contributed by atoms with van der Waals surface area (Å²) in [5.74, 6) is 0. The van der Waals surface area contributed by atoms with Crippen LogP contribution in [0, 0.1) is 24.6 Å². The van der Waals surface area contributed by atoms with Gasteiger partial charge in [0.15, 0.2) is 9.95 Å². The molecule has 39 heavy (non-hydrogen) atoms. The number of rotatable bonds is 4. The predicted octanol–water partition coefficient (Wildman–Crippen LogP) is 8.42. The van der Waals surface area contributed by atoms with Crippen molar-refractivity contribution in [1.82, 2.24) is 0 Å². The number of nitrogens with one attached hydrogen (secondary N) is 2. The maximum absolute atomic E-state index is 8.74. The lowest BCUT2D eigenvalue weighted by atomic mass is 10.1. The molecule has 0 aromatic heterocycles. The highest BCUT2D eigenvalue weighted by atomic mass is 35.5.